The van der Waals surface area contributed by atoms with E-state index in [-0.39, 0.29) is 5.97 Å². The summed E-state index contributed by atoms with van der Waals surface area (Å²) in [6, 6.07) is 0. The summed E-state index contributed by atoms with van der Waals surface area (Å²) >= 11 is 0. The molecule has 0 aromatic heterocycles. The number of carbonyl (C=O) groups is 1. The van der Waals surface area contributed by atoms with E-state index in [1.54, 1.807) is 7.11 Å². The van der Waals surface area contributed by atoms with E-state index in [2.05, 4.69) is 4.74 Å². The van der Waals surface area contributed by atoms with Gasteiger partial charge >= 0.3 is 5.97 Å². The highest BCUT2D eigenvalue weighted by Gasteiger charge is 1.97. The van der Waals surface area contributed by atoms with Gasteiger partial charge in [0.15, 0.2) is 0 Å². The number of hydrogen-bond donors (Lipinski definition) is 0. The van der Waals surface area contributed by atoms with Crippen LogP contribution in [0.1, 0.15) is 6.42 Å². The lowest BCUT2D eigenvalue weighted by atomic mass is 10.5. The molecule has 0 heterocycles. The second-order valence-electron chi connectivity index (χ2n) is 1.76. The molecule has 0 aliphatic heterocycles. The average Bonchev–Trinajstić information content (AvgIpc) is 1.98. The van der Waals surface area contributed by atoms with E-state index in [4.69, 9.17) is 4.74 Å². The second-order valence-corrected chi connectivity index (χ2v) is 3.05. The van der Waals surface area contributed by atoms with Crippen LogP contribution in [0.2, 0.25) is 0 Å². The van der Waals surface area contributed by atoms with Crippen molar-refractivity contribution in [3.63, 3.8) is 0 Å². The zero-order chi connectivity index (χ0) is 7.82. The summed E-state index contributed by atoms with van der Waals surface area (Å²) < 4.78 is 9.27. The van der Waals surface area contributed by atoms with Crippen molar-refractivity contribution < 1.29 is 14.3 Å². The maximum Gasteiger partial charge on any atom is 0.305 e. The van der Waals surface area contributed by atoms with Crippen molar-refractivity contribution in [2.75, 3.05) is 26.7 Å². The minimum atomic E-state index is -0.136. The third-order valence-electron chi connectivity index (χ3n) is 0.980. The Balaban J connectivity index is 2.96. The predicted octanol–water partition coefficient (Wildman–Crippen LogP) is 0.832. The maximum absolute atomic E-state index is 10.5. The van der Waals surface area contributed by atoms with Crippen LogP contribution in [0, 0.1) is 0 Å². The van der Waals surface area contributed by atoms with Crippen LogP contribution in [0.3, 0.4) is 0 Å². The van der Waals surface area contributed by atoms with E-state index in [0.29, 0.717) is 15.0 Å². The van der Waals surface area contributed by atoms with Crippen molar-refractivity contribution in [1.82, 2.24) is 0 Å². The molecule has 0 aromatic carbocycles. The van der Waals surface area contributed by atoms with Crippen LogP contribution < -0.4 is 0 Å². The van der Waals surface area contributed by atoms with Gasteiger partial charge in [-0.05, 0) is 6.16 Å². The van der Waals surface area contributed by atoms with Crippen molar-refractivity contribution >= 4 is 14.6 Å². The molecule has 0 aliphatic carbocycles. The topological polar surface area (TPSA) is 35.5 Å². The average molecular weight is 164 g/mol. The molecular formula is C6H13O3P. The molecule has 0 amide bonds. The molecule has 0 aliphatic rings. The Bertz CT molecular complexity index is 95.0. The molecule has 0 radical (unpaired) electrons. The summed E-state index contributed by atoms with van der Waals surface area (Å²) in [6.45, 7) is 0. The van der Waals surface area contributed by atoms with Crippen molar-refractivity contribution in [1.29, 1.82) is 0 Å². The zero-order valence-electron chi connectivity index (χ0n) is 6.35. The van der Waals surface area contributed by atoms with Gasteiger partial charge < -0.3 is 9.47 Å². The first-order chi connectivity index (χ1) is 4.81. The monoisotopic (exact) mass is 164 g/mol. The Labute approximate surface area is 62.9 Å². The molecule has 0 saturated carbocycles. The van der Waals surface area contributed by atoms with Crippen LogP contribution in [-0.2, 0) is 14.3 Å². The Morgan fingerprint density at radius 2 is 2.20 bits per heavy atom. The van der Waals surface area contributed by atoms with Crippen LogP contribution in [0.15, 0.2) is 0 Å². The molecule has 1 unspecified atom stereocenters. The second kappa shape index (κ2) is 6.97. The van der Waals surface area contributed by atoms with E-state index < -0.39 is 0 Å². The molecule has 0 rings (SSSR count). The van der Waals surface area contributed by atoms with Crippen molar-refractivity contribution in [2.45, 2.75) is 6.42 Å². The van der Waals surface area contributed by atoms with Gasteiger partial charge in [-0.25, -0.2) is 0 Å². The summed E-state index contributed by atoms with van der Waals surface area (Å²) in [6.07, 6.45) is 2.13. The molecule has 0 bridgehead atoms. The molecule has 60 valence electrons. The summed E-state index contributed by atoms with van der Waals surface area (Å²) in [5.41, 5.74) is 0. The summed E-state index contributed by atoms with van der Waals surface area (Å²) in [7, 11) is 3.77. The van der Waals surface area contributed by atoms with Gasteiger partial charge in [0.2, 0.25) is 0 Å². The quantitative estimate of drug-likeness (QED) is 0.343. The lowest BCUT2D eigenvalue weighted by Gasteiger charge is -1.98. The van der Waals surface area contributed by atoms with Gasteiger partial charge in [-0.2, -0.15) is 0 Å². The highest BCUT2D eigenvalue weighted by Crippen LogP contribution is 2.10. The van der Waals surface area contributed by atoms with Crippen molar-refractivity contribution in [2.24, 2.45) is 0 Å². The first-order valence-electron chi connectivity index (χ1n) is 3.07. The first kappa shape index (κ1) is 9.86. The van der Waals surface area contributed by atoms with E-state index in [0.717, 1.165) is 12.5 Å². The molecule has 10 heavy (non-hydrogen) atoms. The van der Waals surface area contributed by atoms with E-state index in [1.807, 2.05) is 0 Å². The maximum atomic E-state index is 10.5. The number of ether oxygens (including phenoxy) is 2. The molecule has 3 nitrogen and oxygen atoms in total. The highest BCUT2D eigenvalue weighted by molar-refractivity contribution is 7.37. The Kier molecular flexibility index (Phi) is 6.88. The molecule has 0 saturated heterocycles. The Hall–Kier alpha value is -0.140. The minimum absolute atomic E-state index is 0.136. The minimum Gasteiger partial charge on any atom is -0.469 e. The van der Waals surface area contributed by atoms with Gasteiger partial charge in [0.1, 0.15) is 0 Å². The smallest absolute Gasteiger partial charge is 0.305 e. The number of rotatable bonds is 5. The fraction of sp³-hybridized carbons (Fsp3) is 0.833. The van der Waals surface area contributed by atoms with E-state index in [9.17, 15) is 4.79 Å². The lowest BCUT2D eigenvalue weighted by molar-refractivity contribution is -0.140. The van der Waals surface area contributed by atoms with Gasteiger partial charge in [0.25, 0.3) is 0 Å². The standard InChI is InChI=1S/C6H13O3P/c1-8-5-10-4-3-6(7)9-2/h10H,3-5H2,1-2H3. The van der Waals surface area contributed by atoms with Crippen LogP contribution in [0.4, 0.5) is 0 Å². The third kappa shape index (κ3) is 5.99. The predicted molar refractivity (Wildman–Crippen MR) is 41.7 cm³/mol. The SMILES string of the molecule is COCPCCC(=O)OC. The lowest BCUT2D eigenvalue weighted by Crippen LogP contribution is -2.00. The van der Waals surface area contributed by atoms with Crippen LogP contribution in [-0.4, -0.2) is 32.7 Å². The molecular weight excluding hydrogens is 151 g/mol. The Morgan fingerprint density at radius 3 is 2.70 bits per heavy atom. The molecule has 0 spiro atoms. The molecule has 0 N–H and O–H groups in total. The molecule has 4 heteroatoms. The van der Waals surface area contributed by atoms with Gasteiger partial charge in [0.05, 0.1) is 13.5 Å². The summed E-state index contributed by atoms with van der Waals surface area (Å²) in [5, 5.41) is 0. The fourth-order valence-corrected chi connectivity index (χ4v) is 1.20. The molecule has 1 atom stereocenters. The van der Waals surface area contributed by atoms with Gasteiger partial charge in [-0.15, -0.1) is 0 Å². The van der Waals surface area contributed by atoms with Crippen LogP contribution in [0.25, 0.3) is 0 Å². The summed E-state index contributed by atoms with van der Waals surface area (Å²) in [4.78, 5) is 10.5. The van der Waals surface area contributed by atoms with Gasteiger partial charge in [-0.1, -0.05) is 8.58 Å². The van der Waals surface area contributed by atoms with Gasteiger partial charge in [-0.3, -0.25) is 4.79 Å². The van der Waals surface area contributed by atoms with Crippen molar-refractivity contribution in [3.05, 3.63) is 0 Å². The Morgan fingerprint density at radius 1 is 1.50 bits per heavy atom. The zero-order valence-corrected chi connectivity index (χ0v) is 7.35. The van der Waals surface area contributed by atoms with E-state index >= 15 is 0 Å². The first-order valence-corrected chi connectivity index (χ1v) is 4.49. The number of methoxy groups -OCH3 is 2. The molecule has 0 aromatic rings. The normalized spacial score (nSPS) is 10.6. The molecule has 0 fully saturated rings. The highest BCUT2D eigenvalue weighted by atomic mass is 31.1. The third-order valence-corrected chi connectivity index (χ3v) is 2.08. The largest absolute Gasteiger partial charge is 0.469 e. The van der Waals surface area contributed by atoms with Crippen LogP contribution in [0.5, 0.6) is 0 Å². The van der Waals surface area contributed by atoms with Crippen molar-refractivity contribution in [3.8, 4) is 0 Å². The summed E-state index contributed by atoms with van der Waals surface area (Å²) in [5.74, 6) is -0.136. The number of carbonyl (C=O) groups excluding carboxylic acids is 1. The van der Waals surface area contributed by atoms with Crippen LogP contribution >= 0.6 is 8.58 Å². The fourth-order valence-electron chi connectivity index (χ4n) is 0.467. The number of hydrogen-bond acceptors (Lipinski definition) is 3. The van der Waals surface area contributed by atoms with Gasteiger partial charge in [0, 0.05) is 13.5 Å². The van der Waals surface area contributed by atoms with E-state index in [1.165, 1.54) is 7.11 Å². The number of esters is 1.